The van der Waals surface area contributed by atoms with Gasteiger partial charge in [-0.15, -0.1) is 0 Å². The Morgan fingerprint density at radius 2 is 1.63 bits per heavy atom. The monoisotopic (exact) mass is 425 g/mol. The Kier molecular flexibility index (Phi) is 7.43. The van der Waals surface area contributed by atoms with E-state index < -0.39 is 10.0 Å². The Labute approximate surface area is 178 Å². The number of sulfonamides is 1. The van der Waals surface area contributed by atoms with Crippen molar-refractivity contribution in [2.45, 2.75) is 31.9 Å². The zero-order chi connectivity index (χ0) is 21.4. The summed E-state index contributed by atoms with van der Waals surface area (Å²) >= 11 is 0. The normalized spacial score (nSPS) is 11.3. The van der Waals surface area contributed by atoms with Crippen LogP contribution in [-0.4, -0.2) is 26.6 Å². The number of nitrogens with zero attached hydrogens (tertiary/aromatic N) is 2. The van der Waals surface area contributed by atoms with Crippen molar-refractivity contribution in [3.63, 3.8) is 0 Å². The van der Waals surface area contributed by atoms with E-state index >= 15 is 0 Å². The molecule has 7 heteroatoms. The maximum absolute atomic E-state index is 13.0. The first-order valence-corrected chi connectivity index (χ1v) is 11.4. The minimum absolute atomic E-state index is 0.166. The third kappa shape index (κ3) is 5.37. The maximum atomic E-state index is 13.0. The van der Waals surface area contributed by atoms with E-state index in [-0.39, 0.29) is 4.90 Å². The molecule has 0 atom stereocenters. The molecule has 1 aromatic heterocycles. The first-order chi connectivity index (χ1) is 14.5. The van der Waals surface area contributed by atoms with Gasteiger partial charge in [-0.1, -0.05) is 42.5 Å². The van der Waals surface area contributed by atoms with E-state index in [1.165, 1.54) is 10.5 Å². The van der Waals surface area contributed by atoms with E-state index in [2.05, 4.69) is 10.3 Å². The number of nitrogens with one attached hydrogen (secondary N) is 1. The molecule has 30 heavy (non-hydrogen) atoms. The Morgan fingerprint density at radius 3 is 2.23 bits per heavy atom. The van der Waals surface area contributed by atoms with E-state index in [1.807, 2.05) is 56.3 Å². The van der Waals surface area contributed by atoms with Crippen LogP contribution in [0.1, 0.15) is 25.0 Å². The van der Waals surface area contributed by atoms with Gasteiger partial charge in [-0.05, 0) is 49.2 Å². The highest BCUT2D eigenvalue weighted by Gasteiger charge is 2.23. The number of para-hydroxylation sites is 1. The second kappa shape index (κ2) is 10.2. The van der Waals surface area contributed by atoms with Gasteiger partial charge in [-0.25, -0.2) is 13.4 Å². The van der Waals surface area contributed by atoms with Crippen LogP contribution in [0.4, 0.5) is 11.5 Å². The van der Waals surface area contributed by atoms with E-state index in [0.717, 1.165) is 11.1 Å². The van der Waals surface area contributed by atoms with Crippen LogP contribution < -0.4 is 9.62 Å². The molecule has 0 saturated carbocycles. The summed E-state index contributed by atoms with van der Waals surface area (Å²) in [6.45, 7) is 6.03. The highest BCUT2D eigenvalue weighted by Crippen LogP contribution is 2.23. The van der Waals surface area contributed by atoms with Gasteiger partial charge in [0.1, 0.15) is 10.7 Å². The smallest absolute Gasteiger partial charge is 0.265 e. The first-order valence-electron chi connectivity index (χ1n) is 9.98. The van der Waals surface area contributed by atoms with E-state index in [1.54, 1.807) is 24.3 Å². The molecule has 0 aliphatic rings. The standard InChI is InChI=1S/C23H27N3O3S/c1-3-26(21-8-6-5-7-9-21)30(27,28)22-14-15-23(25-17-22)24-16-19-10-12-20(13-11-19)18-29-4-2/h5-15,17H,3-4,16,18H2,1-2H3,(H,24,25). The maximum Gasteiger partial charge on any atom is 0.265 e. The lowest BCUT2D eigenvalue weighted by Gasteiger charge is -2.22. The molecule has 0 saturated heterocycles. The van der Waals surface area contributed by atoms with Crippen LogP contribution >= 0.6 is 0 Å². The molecule has 0 fully saturated rings. The summed E-state index contributed by atoms with van der Waals surface area (Å²) in [6.07, 6.45) is 1.40. The first kappa shape index (κ1) is 21.8. The lowest BCUT2D eigenvalue weighted by atomic mass is 10.1. The lowest BCUT2D eigenvalue weighted by Crippen LogP contribution is -2.30. The molecule has 3 aromatic rings. The lowest BCUT2D eigenvalue weighted by molar-refractivity contribution is 0.134. The topological polar surface area (TPSA) is 71.5 Å². The SMILES string of the molecule is CCOCc1ccc(CNc2ccc(S(=O)(=O)N(CC)c3ccccc3)cn2)cc1. The molecule has 2 aromatic carbocycles. The molecule has 1 N–H and O–H groups in total. The molecule has 3 rings (SSSR count). The van der Waals surface area contributed by atoms with Gasteiger partial charge >= 0.3 is 0 Å². The third-order valence-corrected chi connectivity index (χ3v) is 6.51. The number of pyridine rings is 1. The van der Waals surface area contributed by atoms with Gasteiger partial charge in [0, 0.05) is 25.9 Å². The van der Waals surface area contributed by atoms with Crippen LogP contribution in [0.15, 0.2) is 77.8 Å². The molecule has 0 amide bonds. The molecule has 0 spiro atoms. The molecule has 6 nitrogen and oxygen atoms in total. The summed E-state index contributed by atoms with van der Waals surface area (Å²) in [7, 11) is -3.67. The minimum atomic E-state index is -3.67. The molecule has 0 aliphatic heterocycles. The van der Waals surface area contributed by atoms with Crippen LogP contribution in [0.5, 0.6) is 0 Å². The number of anilines is 2. The number of rotatable bonds is 10. The molecule has 0 radical (unpaired) electrons. The Morgan fingerprint density at radius 1 is 0.933 bits per heavy atom. The van der Waals surface area contributed by atoms with Gasteiger partial charge in [0.2, 0.25) is 0 Å². The fourth-order valence-corrected chi connectivity index (χ4v) is 4.44. The van der Waals surface area contributed by atoms with Gasteiger partial charge in [0.15, 0.2) is 0 Å². The quantitative estimate of drug-likeness (QED) is 0.520. The van der Waals surface area contributed by atoms with Gasteiger partial charge in [-0.2, -0.15) is 0 Å². The predicted octanol–water partition coefficient (Wildman–Crippen LogP) is 4.45. The fourth-order valence-electron chi connectivity index (χ4n) is 3.02. The number of ether oxygens (including phenoxy) is 1. The number of hydrogen-bond acceptors (Lipinski definition) is 5. The number of aromatic nitrogens is 1. The van der Waals surface area contributed by atoms with Crippen LogP contribution in [-0.2, 0) is 27.9 Å². The summed E-state index contributed by atoms with van der Waals surface area (Å²) in [5.74, 6) is 0.620. The third-order valence-electron chi connectivity index (χ3n) is 4.63. The Hall–Kier alpha value is -2.90. The second-order valence-electron chi connectivity index (χ2n) is 6.69. The molecule has 0 bridgehead atoms. The fraction of sp³-hybridized carbons (Fsp3) is 0.261. The van der Waals surface area contributed by atoms with Crippen molar-refractivity contribution < 1.29 is 13.2 Å². The summed E-state index contributed by atoms with van der Waals surface area (Å²) < 4.78 is 32.8. The molecule has 0 unspecified atom stereocenters. The Balaban J connectivity index is 1.65. The van der Waals surface area contributed by atoms with Crippen LogP contribution in [0.2, 0.25) is 0 Å². The molecule has 158 valence electrons. The van der Waals surface area contributed by atoms with Crippen molar-refractivity contribution in [3.05, 3.63) is 84.1 Å². The van der Waals surface area contributed by atoms with Crippen molar-refractivity contribution in [1.82, 2.24) is 4.98 Å². The number of hydrogen-bond donors (Lipinski definition) is 1. The highest BCUT2D eigenvalue weighted by molar-refractivity contribution is 7.92. The van der Waals surface area contributed by atoms with Gasteiger partial charge in [0.05, 0.1) is 12.3 Å². The molecule has 1 heterocycles. The summed E-state index contributed by atoms with van der Waals surface area (Å²) in [5.41, 5.74) is 2.87. The zero-order valence-corrected chi connectivity index (χ0v) is 18.1. The van der Waals surface area contributed by atoms with Gasteiger partial charge in [-0.3, -0.25) is 4.31 Å². The minimum Gasteiger partial charge on any atom is -0.377 e. The average Bonchev–Trinajstić information content (AvgIpc) is 2.78. The molecular formula is C23H27N3O3S. The second-order valence-corrected chi connectivity index (χ2v) is 8.55. The van der Waals surface area contributed by atoms with Crippen molar-refractivity contribution >= 4 is 21.5 Å². The largest absolute Gasteiger partial charge is 0.377 e. The molecule has 0 aliphatic carbocycles. The van der Waals surface area contributed by atoms with Gasteiger partial charge < -0.3 is 10.1 Å². The summed E-state index contributed by atoms with van der Waals surface area (Å²) in [5, 5.41) is 3.23. The molecular weight excluding hydrogens is 398 g/mol. The van der Waals surface area contributed by atoms with E-state index in [0.29, 0.717) is 37.8 Å². The van der Waals surface area contributed by atoms with Crippen molar-refractivity contribution in [2.75, 3.05) is 22.8 Å². The average molecular weight is 426 g/mol. The predicted molar refractivity (Wildman–Crippen MR) is 120 cm³/mol. The number of benzene rings is 2. The van der Waals surface area contributed by atoms with E-state index in [4.69, 9.17) is 4.74 Å². The highest BCUT2D eigenvalue weighted by atomic mass is 32.2. The van der Waals surface area contributed by atoms with Gasteiger partial charge in [0.25, 0.3) is 10.0 Å². The van der Waals surface area contributed by atoms with Crippen molar-refractivity contribution in [1.29, 1.82) is 0 Å². The van der Waals surface area contributed by atoms with Crippen LogP contribution in [0.25, 0.3) is 0 Å². The zero-order valence-electron chi connectivity index (χ0n) is 17.3. The summed E-state index contributed by atoms with van der Waals surface area (Å²) in [4.78, 5) is 4.46. The van der Waals surface area contributed by atoms with E-state index in [9.17, 15) is 8.42 Å². The van der Waals surface area contributed by atoms with Crippen molar-refractivity contribution in [3.8, 4) is 0 Å². The van der Waals surface area contributed by atoms with Crippen molar-refractivity contribution in [2.24, 2.45) is 0 Å². The van der Waals surface area contributed by atoms with Crippen LogP contribution in [0.3, 0.4) is 0 Å². The Bertz CT molecular complexity index is 1020. The van der Waals surface area contributed by atoms with Crippen LogP contribution in [0, 0.1) is 0 Å². The summed E-state index contributed by atoms with van der Waals surface area (Å²) in [6, 6.07) is 20.5.